The Morgan fingerprint density at radius 1 is 1.53 bits per heavy atom. The van der Waals surface area contributed by atoms with E-state index in [4.69, 9.17) is 10.6 Å². The summed E-state index contributed by atoms with van der Waals surface area (Å²) in [4.78, 5) is 4.24. The van der Waals surface area contributed by atoms with Crippen molar-refractivity contribution in [1.29, 1.82) is 0 Å². The number of nitrogens with one attached hydrogen (secondary N) is 1. The van der Waals surface area contributed by atoms with Gasteiger partial charge in [-0.05, 0) is 24.1 Å². The molecule has 0 saturated carbocycles. The van der Waals surface area contributed by atoms with Crippen LogP contribution in [0.3, 0.4) is 0 Å². The first kappa shape index (κ1) is 13.5. The van der Waals surface area contributed by atoms with Crippen molar-refractivity contribution in [3.63, 3.8) is 0 Å². The van der Waals surface area contributed by atoms with E-state index in [0.717, 1.165) is 11.3 Å². The smallest absolute Gasteiger partial charge is 0.165 e. The maximum atomic E-state index is 13.6. The van der Waals surface area contributed by atoms with Crippen LogP contribution in [0.4, 0.5) is 4.39 Å². The van der Waals surface area contributed by atoms with Gasteiger partial charge in [-0.3, -0.25) is 11.3 Å². The number of aryl methyl sites for hydroxylation is 1. The standard InChI is InChI=1S/C13H17FN4O/c1-18-7-12(16-8-18)11(17-15)6-9-3-4-13(19-2)10(14)5-9/h3-5,7-8,11,17H,6,15H2,1-2H3. The molecule has 5 nitrogen and oxygen atoms in total. The van der Waals surface area contributed by atoms with Crippen LogP contribution in [0, 0.1) is 5.82 Å². The molecule has 102 valence electrons. The lowest BCUT2D eigenvalue weighted by Crippen LogP contribution is -2.29. The number of nitrogens with zero attached hydrogens (tertiary/aromatic N) is 2. The third-order valence-corrected chi connectivity index (χ3v) is 2.94. The van der Waals surface area contributed by atoms with E-state index < -0.39 is 0 Å². The molecule has 6 heteroatoms. The van der Waals surface area contributed by atoms with Crippen molar-refractivity contribution in [1.82, 2.24) is 15.0 Å². The average molecular weight is 264 g/mol. The second-order valence-corrected chi connectivity index (χ2v) is 4.36. The average Bonchev–Trinajstić information content (AvgIpc) is 2.82. The van der Waals surface area contributed by atoms with E-state index in [-0.39, 0.29) is 17.6 Å². The highest BCUT2D eigenvalue weighted by Crippen LogP contribution is 2.21. The van der Waals surface area contributed by atoms with Crippen molar-refractivity contribution in [2.45, 2.75) is 12.5 Å². The van der Waals surface area contributed by atoms with Crippen molar-refractivity contribution >= 4 is 0 Å². The fourth-order valence-corrected chi connectivity index (χ4v) is 1.93. The molecule has 3 N–H and O–H groups in total. The second-order valence-electron chi connectivity index (χ2n) is 4.36. The number of hydrogen-bond donors (Lipinski definition) is 2. The van der Waals surface area contributed by atoms with E-state index in [1.165, 1.54) is 13.2 Å². The normalized spacial score (nSPS) is 12.4. The third-order valence-electron chi connectivity index (χ3n) is 2.94. The summed E-state index contributed by atoms with van der Waals surface area (Å²) in [7, 11) is 3.33. The number of benzene rings is 1. The highest BCUT2D eigenvalue weighted by molar-refractivity contribution is 5.30. The molecule has 1 heterocycles. The number of methoxy groups -OCH3 is 1. The summed E-state index contributed by atoms with van der Waals surface area (Å²) in [6, 6.07) is 4.71. The van der Waals surface area contributed by atoms with Gasteiger partial charge in [-0.15, -0.1) is 0 Å². The van der Waals surface area contributed by atoms with E-state index >= 15 is 0 Å². The minimum Gasteiger partial charge on any atom is -0.494 e. The van der Waals surface area contributed by atoms with Crippen molar-refractivity contribution < 1.29 is 9.13 Å². The summed E-state index contributed by atoms with van der Waals surface area (Å²) in [5, 5.41) is 0. The van der Waals surface area contributed by atoms with Crippen LogP contribution in [-0.2, 0) is 13.5 Å². The Bertz CT molecular complexity index is 555. The van der Waals surface area contributed by atoms with Gasteiger partial charge in [-0.2, -0.15) is 0 Å². The lowest BCUT2D eigenvalue weighted by molar-refractivity contribution is 0.386. The van der Waals surface area contributed by atoms with Crippen LogP contribution in [0.25, 0.3) is 0 Å². The topological polar surface area (TPSA) is 65.1 Å². The van der Waals surface area contributed by atoms with Gasteiger partial charge in [0.1, 0.15) is 0 Å². The maximum absolute atomic E-state index is 13.6. The minimum absolute atomic E-state index is 0.158. The van der Waals surface area contributed by atoms with Crippen LogP contribution in [0.15, 0.2) is 30.7 Å². The molecule has 0 bridgehead atoms. The van der Waals surface area contributed by atoms with Crippen LogP contribution in [0.5, 0.6) is 5.75 Å². The number of nitrogens with two attached hydrogens (primary N) is 1. The van der Waals surface area contributed by atoms with Crippen LogP contribution < -0.4 is 16.0 Å². The predicted molar refractivity (Wildman–Crippen MR) is 69.9 cm³/mol. The van der Waals surface area contributed by atoms with Gasteiger partial charge >= 0.3 is 0 Å². The van der Waals surface area contributed by atoms with Crippen LogP contribution in [-0.4, -0.2) is 16.7 Å². The summed E-state index contributed by atoms with van der Waals surface area (Å²) in [6.07, 6.45) is 4.13. The monoisotopic (exact) mass is 264 g/mol. The van der Waals surface area contributed by atoms with Gasteiger partial charge in [0.25, 0.3) is 0 Å². The molecule has 2 aromatic rings. The Kier molecular flexibility index (Phi) is 4.13. The van der Waals surface area contributed by atoms with Crippen molar-refractivity contribution in [3.05, 3.63) is 47.8 Å². The zero-order chi connectivity index (χ0) is 13.8. The van der Waals surface area contributed by atoms with Crippen molar-refractivity contribution in [2.75, 3.05) is 7.11 Å². The third kappa shape index (κ3) is 3.10. The maximum Gasteiger partial charge on any atom is 0.165 e. The minimum atomic E-state index is -0.378. The van der Waals surface area contributed by atoms with Gasteiger partial charge in [-0.1, -0.05) is 6.07 Å². The van der Waals surface area contributed by atoms with E-state index in [0.29, 0.717) is 6.42 Å². The summed E-state index contributed by atoms with van der Waals surface area (Å²) in [5.74, 6) is 5.40. The van der Waals surface area contributed by atoms with Gasteiger partial charge in [0, 0.05) is 13.2 Å². The van der Waals surface area contributed by atoms with Crippen molar-refractivity contribution in [2.24, 2.45) is 12.9 Å². The molecular formula is C13H17FN4O. The fraction of sp³-hybridized carbons (Fsp3) is 0.308. The second kappa shape index (κ2) is 5.81. The highest BCUT2D eigenvalue weighted by atomic mass is 19.1. The molecule has 0 amide bonds. The number of aromatic nitrogens is 2. The molecule has 2 rings (SSSR count). The van der Waals surface area contributed by atoms with Gasteiger partial charge in [-0.25, -0.2) is 9.37 Å². The lowest BCUT2D eigenvalue weighted by Gasteiger charge is -2.14. The SMILES string of the molecule is COc1ccc(CC(NN)c2cn(C)cn2)cc1F. The quantitative estimate of drug-likeness (QED) is 0.631. The first-order valence-electron chi connectivity index (χ1n) is 5.90. The number of hydrazine groups is 1. The van der Waals surface area contributed by atoms with E-state index in [1.807, 2.05) is 23.9 Å². The summed E-state index contributed by atoms with van der Waals surface area (Å²) < 4.78 is 20.3. The van der Waals surface area contributed by atoms with Gasteiger partial charge < -0.3 is 9.30 Å². The molecular weight excluding hydrogens is 247 g/mol. The summed E-state index contributed by atoms with van der Waals surface area (Å²) in [5.41, 5.74) is 4.35. The van der Waals surface area contributed by atoms with Gasteiger partial charge in [0.15, 0.2) is 11.6 Å². The Hall–Kier alpha value is -1.92. The Labute approximate surface area is 111 Å². The Balaban J connectivity index is 2.16. The molecule has 0 spiro atoms. The molecule has 1 aromatic heterocycles. The Morgan fingerprint density at radius 3 is 2.84 bits per heavy atom. The first-order valence-corrected chi connectivity index (χ1v) is 5.90. The largest absolute Gasteiger partial charge is 0.494 e. The molecule has 0 aliphatic rings. The zero-order valence-electron chi connectivity index (χ0n) is 10.9. The summed E-state index contributed by atoms with van der Waals surface area (Å²) >= 11 is 0. The molecule has 0 saturated heterocycles. The van der Waals surface area contributed by atoms with Gasteiger partial charge in [0.05, 0.1) is 25.2 Å². The number of rotatable bonds is 5. The van der Waals surface area contributed by atoms with E-state index in [1.54, 1.807) is 12.4 Å². The van der Waals surface area contributed by atoms with Crippen LogP contribution in [0.1, 0.15) is 17.3 Å². The van der Waals surface area contributed by atoms with E-state index in [9.17, 15) is 4.39 Å². The van der Waals surface area contributed by atoms with Crippen molar-refractivity contribution in [3.8, 4) is 5.75 Å². The predicted octanol–water partition coefficient (Wildman–Crippen LogP) is 1.31. The number of halogens is 1. The fourth-order valence-electron chi connectivity index (χ4n) is 1.93. The first-order chi connectivity index (χ1) is 9.13. The van der Waals surface area contributed by atoms with Gasteiger partial charge in [0.2, 0.25) is 0 Å². The number of imidazole rings is 1. The molecule has 0 aliphatic carbocycles. The molecule has 1 atom stereocenters. The molecule has 0 aliphatic heterocycles. The zero-order valence-corrected chi connectivity index (χ0v) is 10.9. The summed E-state index contributed by atoms with van der Waals surface area (Å²) in [6.45, 7) is 0. The van der Waals surface area contributed by atoms with E-state index in [2.05, 4.69) is 10.4 Å². The number of ether oxygens (including phenoxy) is 1. The molecule has 19 heavy (non-hydrogen) atoms. The lowest BCUT2D eigenvalue weighted by atomic mass is 10.0. The molecule has 1 aromatic carbocycles. The highest BCUT2D eigenvalue weighted by Gasteiger charge is 2.14. The van der Waals surface area contributed by atoms with Crippen LogP contribution in [0.2, 0.25) is 0 Å². The van der Waals surface area contributed by atoms with Crippen LogP contribution >= 0.6 is 0 Å². The Morgan fingerprint density at radius 2 is 2.32 bits per heavy atom. The molecule has 0 fully saturated rings. The number of hydrogen-bond acceptors (Lipinski definition) is 4. The molecule has 0 radical (unpaired) electrons. The molecule has 1 unspecified atom stereocenters.